The fraction of sp³-hybridized carbons (Fsp3) is 0.156. The van der Waals surface area contributed by atoms with E-state index in [1.807, 2.05) is 0 Å². The van der Waals surface area contributed by atoms with Crippen LogP contribution in [-0.2, 0) is 23.7 Å². The zero-order chi connectivity index (χ0) is 43.2. The number of hydrogen-bond acceptors (Lipinski definition) is 0. The topological polar surface area (TPSA) is 0 Å². The molecule has 0 aromatic heterocycles. The first-order chi connectivity index (χ1) is 31.2. The van der Waals surface area contributed by atoms with Crippen molar-refractivity contribution in [3.8, 4) is 44.5 Å². The Morgan fingerprint density at radius 3 is 1.27 bits per heavy atom. The van der Waals surface area contributed by atoms with Crippen molar-refractivity contribution in [1.82, 2.24) is 0 Å². The summed E-state index contributed by atoms with van der Waals surface area (Å²) in [7, 11) is 0. The van der Waals surface area contributed by atoms with Gasteiger partial charge in [-0.2, -0.15) is 0 Å². The Bertz CT molecular complexity index is 3480. The summed E-state index contributed by atoms with van der Waals surface area (Å²) in [5.74, 6) is 0.363. The van der Waals surface area contributed by atoms with Gasteiger partial charge >= 0.3 is 0 Å². The fourth-order valence-corrected chi connectivity index (χ4v) is 11.4. The highest BCUT2D eigenvalue weighted by Gasteiger charge is 2.37. The van der Waals surface area contributed by atoms with Crippen molar-refractivity contribution >= 4 is 32.3 Å². The van der Waals surface area contributed by atoms with Crippen molar-refractivity contribution in [1.29, 1.82) is 0 Å². The summed E-state index contributed by atoms with van der Waals surface area (Å²) in [6.45, 7) is 9.70. The SMILES string of the molecule is CC1(C)c2cc(CCC(Cc3ccc4ccccc4c3)c3ccc4c(c3)C(C)(C)c3cc(-c5ccc6ccccc6c5)ccc3-4)ccc2-c2ccc(-c3ccc4ccccc4c3)cc21. The molecule has 0 nitrogen and oxygen atoms in total. The highest BCUT2D eigenvalue weighted by atomic mass is 14.4. The third kappa shape index (κ3) is 6.42. The van der Waals surface area contributed by atoms with E-state index in [2.05, 4.69) is 228 Å². The van der Waals surface area contributed by atoms with Gasteiger partial charge in [-0.25, -0.2) is 0 Å². The van der Waals surface area contributed by atoms with E-state index in [0.29, 0.717) is 5.92 Å². The van der Waals surface area contributed by atoms with Gasteiger partial charge in [0.25, 0.3) is 0 Å². The first-order valence-electron chi connectivity index (χ1n) is 23.2. The van der Waals surface area contributed by atoms with Crippen molar-refractivity contribution in [3.63, 3.8) is 0 Å². The van der Waals surface area contributed by atoms with Crippen LogP contribution in [0.2, 0.25) is 0 Å². The van der Waals surface area contributed by atoms with E-state index in [-0.39, 0.29) is 10.8 Å². The van der Waals surface area contributed by atoms with Crippen LogP contribution in [0, 0.1) is 0 Å². The number of benzene rings is 10. The van der Waals surface area contributed by atoms with E-state index >= 15 is 0 Å². The normalized spacial score (nSPS) is 14.6. The van der Waals surface area contributed by atoms with Gasteiger partial charge in [0.1, 0.15) is 0 Å². The van der Waals surface area contributed by atoms with E-state index in [4.69, 9.17) is 0 Å². The summed E-state index contributed by atoms with van der Waals surface area (Å²) in [6, 6.07) is 76.0. The van der Waals surface area contributed by atoms with Crippen molar-refractivity contribution in [2.24, 2.45) is 0 Å². The molecule has 0 N–H and O–H groups in total. The second-order valence-electron chi connectivity index (χ2n) is 19.7. The van der Waals surface area contributed by atoms with Gasteiger partial charge in [0.15, 0.2) is 0 Å². The standard InChI is InChI=1S/C64H52/c1-63(2)59-35-41(19-29-55(59)56-31-27-53(39-60(56)63)50-24-22-44-12-6-9-15-47(44)36-50)17-21-49(34-42-18-20-43-11-5-8-14-46(43)33-42)52-26-30-57-58-32-28-54(40-62(58)64(3,4)61(57)38-52)51-25-23-45-13-7-10-16-48(45)37-51/h5-16,18-20,22-33,35-40,49H,17,21,34H2,1-4H3. The Hall–Kier alpha value is -7.02. The van der Waals surface area contributed by atoms with Crippen LogP contribution >= 0.6 is 0 Å². The predicted octanol–water partition coefficient (Wildman–Crippen LogP) is 17.1. The first-order valence-corrected chi connectivity index (χ1v) is 23.2. The lowest BCUT2D eigenvalue weighted by Crippen LogP contribution is -2.16. The molecule has 0 saturated heterocycles. The highest BCUT2D eigenvalue weighted by molar-refractivity contribution is 5.91. The zero-order valence-corrected chi connectivity index (χ0v) is 37.3. The van der Waals surface area contributed by atoms with Gasteiger partial charge < -0.3 is 0 Å². The molecule has 0 spiro atoms. The molecule has 10 aromatic carbocycles. The Kier molecular flexibility index (Phi) is 8.93. The summed E-state index contributed by atoms with van der Waals surface area (Å²) in [4.78, 5) is 0. The van der Waals surface area contributed by atoms with Gasteiger partial charge in [-0.05, 0) is 165 Å². The third-order valence-corrected chi connectivity index (χ3v) is 15.2. The van der Waals surface area contributed by atoms with Crippen LogP contribution in [0.1, 0.15) is 79.0 Å². The van der Waals surface area contributed by atoms with Crippen LogP contribution in [-0.4, -0.2) is 0 Å². The third-order valence-electron chi connectivity index (χ3n) is 15.2. The van der Waals surface area contributed by atoms with Gasteiger partial charge in [-0.3, -0.25) is 0 Å². The lowest BCUT2D eigenvalue weighted by atomic mass is 9.79. The minimum absolute atomic E-state index is 0.0905. The van der Waals surface area contributed by atoms with E-state index in [0.717, 1.165) is 19.3 Å². The van der Waals surface area contributed by atoms with Crippen LogP contribution in [0.3, 0.4) is 0 Å². The highest BCUT2D eigenvalue weighted by Crippen LogP contribution is 2.52. The van der Waals surface area contributed by atoms with Gasteiger partial charge in [0.05, 0.1) is 0 Å². The van der Waals surface area contributed by atoms with E-state index in [1.54, 1.807) is 0 Å². The number of fused-ring (bicyclic) bond motifs is 9. The molecule has 0 aliphatic heterocycles. The van der Waals surface area contributed by atoms with Gasteiger partial charge in [-0.15, -0.1) is 0 Å². The molecule has 10 aromatic rings. The molecule has 0 radical (unpaired) electrons. The lowest BCUT2D eigenvalue weighted by molar-refractivity contribution is 0.612. The minimum Gasteiger partial charge on any atom is -0.0616 e. The molecule has 308 valence electrons. The van der Waals surface area contributed by atoms with Crippen molar-refractivity contribution in [2.75, 3.05) is 0 Å². The molecule has 0 heterocycles. The monoisotopic (exact) mass is 820 g/mol. The molecule has 0 heteroatoms. The molecule has 2 aliphatic carbocycles. The van der Waals surface area contributed by atoms with Gasteiger partial charge in [0, 0.05) is 10.8 Å². The lowest BCUT2D eigenvalue weighted by Gasteiger charge is -2.25. The van der Waals surface area contributed by atoms with Crippen LogP contribution in [0.5, 0.6) is 0 Å². The number of hydrogen-bond donors (Lipinski definition) is 0. The molecule has 64 heavy (non-hydrogen) atoms. The zero-order valence-electron chi connectivity index (χ0n) is 37.3. The Labute approximate surface area is 377 Å². The second-order valence-corrected chi connectivity index (χ2v) is 19.7. The van der Waals surface area contributed by atoms with Gasteiger partial charge in [0.2, 0.25) is 0 Å². The summed E-state index contributed by atoms with van der Waals surface area (Å²) < 4.78 is 0. The fourth-order valence-electron chi connectivity index (χ4n) is 11.4. The molecular formula is C64H52. The molecule has 1 unspecified atom stereocenters. The Balaban J connectivity index is 0.860. The summed E-state index contributed by atoms with van der Waals surface area (Å²) in [5.41, 5.74) is 20.4. The van der Waals surface area contributed by atoms with Crippen molar-refractivity contribution in [2.45, 2.75) is 63.7 Å². The molecule has 0 fully saturated rings. The number of rotatable bonds is 8. The summed E-state index contributed by atoms with van der Waals surface area (Å²) in [6.07, 6.45) is 3.10. The Morgan fingerprint density at radius 2 is 0.719 bits per heavy atom. The molecule has 0 bridgehead atoms. The number of aryl methyl sites for hydroxylation is 1. The largest absolute Gasteiger partial charge is 0.0616 e. The molecular weight excluding hydrogens is 769 g/mol. The van der Waals surface area contributed by atoms with Crippen LogP contribution in [0.4, 0.5) is 0 Å². The average molecular weight is 821 g/mol. The smallest absolute Gasteiger partial charge is 0.0159 e. The first kappa shape index (κ1) is 38.6. The van der Waals surface area contributed by atoms with Crippen LogP contribution in [0.15, 0.2) is 200 Å². The maximum Gasteiger partial charge on any atom is 0.0159 e. The quantitative estimate of drug-likeness (QED) is 0.143. The van der Waals surface area contributed by atoms with Crippen molar-refractivity contribution < 1.29 is 0 Å². The van der Waals surface area contributed by atoms with E-state index in [1.165, 1.54) is 116 Å². The van der Waals surface area contributed by atoms with Crippen LogP contribution < -0.4 is 0 Å². The molecule has 0 saturated carbocycles. The second kappa shape index (κ2) is 14.8. The summed E-state index contributed by atoms with van der Waals surface area (Å²) in [5, 5.41) is 7.74. The van der Waals surface area contributed by atoms with Gasteiger partial charge in [-0.1, -0.05) is 204 Å². The summed E-state index contributed by atoms with van der Waals surface area (Å²) >= 11 is 0. The molecule has 1 atom stereocenters. The maximum absolute atomic E-state index is 2.58. The van der Waals surface area contributed by atoms with E-state index in [9.17, 15) is 0 Å². The predicted molar refractivity (Wildman–Crippen MR) is 273 cm³/mol. The molecule has 12 rings (SSSR count). The molecule has 0 amide bonds. The average Bonchev–Trinajstić information content (AvgIpc) is 3.70. The maximum atomic E-state index is 2.58. The minimum atomic E-state index is -0.115. The van der Waals surface area contributed by atoms with Crippen molar-refractivity contribution in [3.05, 3.63) is 239 Å². The Morgan fingerprint density at radius 1 is 0.328 bits per heavy atom. The van der Waals surface area contributed by atoms with Crippen LogP contribution in [0.25, 0.3) is 76.8 Å². The van der Waals surface area contributed by atoms with E-state index < -0.39 is 0 Å². The molecule has 2 aliphatic rings.